The van der Waals surface area contributed by atoms with E-state index < -0.39 is 10.2 Å². The molecular formula is C12H16N4O3S. The molecule has 2 N–H and O–H groups in total. The van der Waals surface area contributed by atoms with Crippen LogP contribution in [-0.4, -0.2) is 49.2 Å². The molecule has 0 atom stereocenters. The Hall–Kier alpha value is -1.64. The van der Waals surface area contributed by atoms with Crippen LogP contribution in [0.1, 0.15) is 5.69 Å². The molecule has 0 radical (unpaired) electrons. The second-order valence-corrected chi connectivity index (χ2v) is 6.37. The highest BCUT2D eigenvalue weighted by molar-refractivity contribution is 7.90. The van der Waals surface area contributed by atoms with Crippen LogP contribution in [-0.2, 0) is 14.9 Å². The first-order valence-corrected chi connectivity index (χ1v) is 7.81. The van der Waals surface area contributed by atoms with Crippen molar-refractivity contribution in [1.29, 1.82) is 0 Å². The molecule has 1 saturated heterocycles. The maximum Gasteiger partial charge on any atom is 0.301 e. The summed E-state index contributed by atoms with van der Waals surface area (Å²) in [5, 5.41) is 7.99. The molecule has 1 aromatic carbocycles. The van der Waals surface area contributed by atoms with Gasteiger partial charge in [0.05, 0.1) is 24.4 Å². The van der Waals surface area contributed by atoms with Crippen LogP contribution in [0, 0.1) is 6.92 Å². The van der Waals surface area contributed by atoms with E-state index in [1.807, 2.05) is 13.0 Å². The van der Waals surface area contributed by atoms with E-state index in [1.165, 1.54) is 4.31 Å². The van der Waals surface area contributed by atoms with Crippen molar-refractivity contribution in [3.05, 3.63) is 23.9 Å². The van der Waals surface area contributed by atoms with Gasteiger partial charge < -0.3 is 4.74 Å². The molecule has 0 spiro atoms. The summed E-state index contributed by atoms with van der Waals surface area (Å²) in [7, 11) is -3.53. The minimum atomic E-state index is -3.53. The minimum absolute atomic E-state index is 0.374. The number of anilines is 1. The molecule has 0 saturated carbocycles. The highest BCUT2D eigenvalue weighted by Gasteiger charge is 2.24. The number of rotatable bonds is 3. The van der Waals surface area contributed by atoms with Crippen molar-refractivity contribution in [1.82, 2.24) is 14.5 Å². The molecule has 8 heteroatoms. The van der Waals surface area contributed by atoms with E-state index in [0.717, 1.165) is 16.6 Å². The Morgan fingerprint density at radius 1 is 1.35 bits per heavy atom. The lowest BCUT2D eigenvalue weighted by molar-refractivity contribution is 0.0733. The monoisotopic (exact) mass is 296 g/mol. The smallest absolute Gasteiger partial charge is 0.301 e. The quantitative estimate of drug-likeness (QED) is 0.879. The standard InChI is InChI=1S/C12H16N4O3S/c1-9-11-3-2-10(8-12(11)14-13-9)15-20(17,18)16-4-6-19-7-5-16/h2-3,8,15H,4-7H2,1H3,(H,13,14). The lowest BCUT2D eigenvalue weighted by Gasteiger charge is -2.26. The predicted octanol–water partition coefficient (Wildman–Crippen LogP) is 0.860. The van der Waals surface area contributed by atoms with Crippen molar-refractivity contribution in [2.24, 2.45) is 0 Å². The van der Waals surface area contributed by atoms with Gasteiger partial charge in [-0.25, -0.2) is 0 Å². The molecule has 108 valence electrons. The molecular weight excluding hydrogens is 280 g/mol. The zero-order valence-electron chi connectivity index (χ0n) is 11.1. The first kappa shape index (κ1) is 13.3. The SMILES string of the molecule is Cc1[nH]nc2cc(NS(=O)(=O)N3CCOCC3)ccc12. The van der Waals surface area contributed by atoms with Crippen molar-refractivity contribution in [2.45, 2.75) is 6.92 Å². The van der Waals surface area contributed by atoms with Gasteiger partial charge in [-0.05, 0) is 25.1 Å². The lowest BCUT2D eigenvalue weighted by Crippen LogP contribution is -2.43. The van der Waals surface area contributed by atoms with Crippen LogP contribution in [0.5, 0.6) is 0 Å². The molecule has 2 aromatic rings. The summed E-state index contributed by atoms with van der Waals surface area (Å²) in [6.45, 7) is 3.53. The summed E-state index contributed by atoms with van der Waals surface area (Å²) < 4.78 is 33.6. The van der Waals surface area contributed by atoms with Crippen LogP contribution in [0.15, 0.2) is 18.2 Å². The average Bonchev–Trinajstić information content (AvgIpc) is 2.80. The molecule has 20 heavy (non-hydrogen) atoms. The Morgan fingerprint density at radius 3 is 2.85 bits per heavy atom. The fraction of sp³-hybridized carbons (Fsp3) is 0.417. The summed E-state index contributed by atoms with van der Waals surface area (Å²) in [4.78, 5) is 0. The number of aromatic amines is 1. The van der Waals surface area contributed by atoms with E-state index in [9.17, 15) is 8.42 Å². The first-order valence-electron chi connectivity index (χ1n) is 6.37. The maximum absolute atomic E-state index is 12.2. The van der Waals surface area contributed by atoms with Gasteiger partial charge in [-0.15, -0.1) is 0 Å². The van der Waals surface area contributed by atoms with Crippen LogP contribution >= 0.6 is 0 Å². The van der Waals surface area contributed by atoms with Gasteiger partial charge in [0.2, 0.25) is 0 Å². The molecule has 2 heterocycles. The van der Waals surface area contributed by atoms with Crippen LogP contribution < -0.4 is 4.72 Å². The van der Waals surface area contributed by atoms with Crippen LogP contribution in [0.4, 0.5) is 5.69 Å². The van der Waals surface area contributed by atoms with Gasteiger partial charge in [0, 0.05) is 24.2 Å². The number of ether oxygens (including phenoxy) is 1. The van der Waals surface area contributed by atoms with Crippen LogP contribution in [0.25, 0.3) is 10.9 Å². The van der Waals surface area contributed by atoms with E-state index in [-0.39, 0.29) is 0 Å². The molecule has 3 rings (SSSR count). The third-order valence-corrected chi connectivity index (χ3v) is 4.84. The Morgan fingerprint density at radius 2 is 2.10 bits per heavy atom. The molecule has 1 fully saturated rings. The largest absolute Gasteiger partial charge is 0.379 e. The predicted molar refractivity (Wildman–Crippen MR) is 75.8 cm³/mol. The number of morpholine rings is 1. The molecule has 0 unspecified atom stereocenters. The summed E-state index contributed by atoms with van der Waals surface area (Å²) >= 11 is 0. The van der Waals surface area contributed by atoms with E-state index in [1.54, 1.807) is 12.1 Å². The van der Waals surface area contributed by atoms with Crippen molar-refractivity contribution in [3.63, 3.8) is 0 Å². The molecule has 0 bridgehead atoms. The van der Waals surface area contributed by atoms with Gasteiger partial charge in [0.1, 0.15) is 0 Å². The zero-order chi connectivity index (χ0) is 14.2. The summed E-state index contributed by atoms with van der Waals surface area (Å²) in [6.07, 6.45) is 0. The third kappa shape index (κ3) is 2.49. The fourth-order valence-electron chi connectivity index (χ4n) is 2.21. The number of nitrogens with one attached hydrogen (secondary N) is 2. The topological polar surface area (TPSA) is 87.3 Å². The highest BCUT2D eigenvalue weighted by Crippen LogP contribution is 2.21. The number of H-pyrrole nitrogens is 1. The Bertz CT molecular complexity index is 719. The summed E-state index contributed by atoms with van der Waals surface area (Å²) in [6, 6.07) is 5.31. The average molecular weight is 296 g/mol. The normalized spacial score (nSPS) is 17.4. The number of hydrogen-bond acceptors (Lipinski definition) is 4. The number of nitrogens with zero attached hydrogens (tertiary/aromatic N) is 2. The molecule has 0 amide bonds. The number of aryl methyl sites for hydroxylation is 1. The van der Waals surface area contributed by atoms with Gasteiger partial charge in [-0.3, -0.25) is 9.82 Å². The van der Waals surface area contributed by atoms with Crippen molar-refractivity contribution in [2.75, 3.05) is 31.0 Å². The summed E-state index contributed by atoms with van der Waals surface area (Å²) in [5.74, 6) is 0. The number of hydrogen-bond donors (Lipinski definition) is 2. The molecule has 1 aromatic heterocycles. The molecule has 1 aliphatic rings. The maximum atomic E-state index is 12.2. The second kappa shape index (κ2) is 5.04. The molecule has 1 aliphatic heterocycles. The Labute approximate surface area is 117 Å². The van der Waals surface area contributed by atoms with Gasteiger partial charge >= 0.3 is 10.2 Å². The van der Waals surface area contributed by atoms with E-state index >= 15 is 0 Å². The fourth-order valence-corrected chi connectivity index (χ4v) is 3.39. The van der Waals surface area contributed by atoms with Gasteiger partial charge in [-0.1, -0.05) is 0 Å². The van der Waals surface area contributed by atoms with Gasteiger partial charge in [0.15, 0.2) is 0 Å². The van der Waals surface area contributed by atoms with Gasteiger partial charge in [0.25, 0.3) is 0 Å². The van der Waals surface area contributed by atoms with E-state index in [0.29, 0.717) is 32.0 Å². The summed E-state index contributed by atoms with van der Waals surface area (Å²) in [5.41, 5.74) is 2.21. The lowest BCUT2D eigenvalue weighted by atomic mass is 10.2. The van der Waals surface area contributed by atoms with Crippen molar-refractivity contribution < 1.29 is 13.2 Å². The zero-order valence-corrected chi connectivity index (χ0v) is 11.9. The number of benzene rings is 1. The third-order valence-electron chi connectivity index (χ3n) is 3.30. The number of aromatic nitrogens is 2. The molecule has 7 nitrogen and oxygen atoms in total. The van der Waals surface area contributed by atoms with Crippen molar-refractivity contribution >= 4 is 26.8 Å². The molecule has 0 aliphatic carbocycles. The Balaban J connectivity index is 1.84. The van der Waals surface area contributed by atoms with Crippen LogP contribution in [0.3, 0.4) is 0 Å². The van der Waals surface area contributed by atoms with Gasteiger partial charge in [-0.2, -0.15) is 17.8 Å². The minimum Gasteiger partial charge on any atom is -0.379 e. The second-order valence-electron chi connectivity index (χ2n) is 4.70. The van der Waals surface area contributed by atoms with E-state index in [4.69, 9.17) is 4.74 Å². The highest BCUT2D eigenvalue weighted by atomic mass is 32.2. The first-order chi connectivity index (χ1) is 9.56. The van der Waals surface area contributed by atoms with Crippen LogP contribution in [0.2, 0.25) is 0 Å². The van der Waals surface area contributed by atoms with E-state index in [2.05, 4.69) is 14.9 Å². The van der Waals surface area contributed by atoms with Crippen molar-refractivity contribution in [3.8, 4) is 0 Å². The number of fused-ring (bicyclic) bond motifs is 1. The Kier molecular flexibility index (Phi) is 3.36.